The van der Waals surface area contributed by atoms with E-state index >= 15 is 0 Å². The van der Waals surface area contributed by atoms with Crippen LogP contribution in [0, 0.1) is 16.0 Å². The molecule has 2 N–H and O–H groups in total. The summed E-state index contributed by atoms with van der Waals surface area (Å²) in [6.45, 7) is 1.76. The number of nitrogens with zero attached hydrogens (tertiary/aromatic N) is 1. The van der Waals surface area contributed by atoms with Crippen LogP contribution in [0.3, 0.4) is 0 Å². The average molecular weight is 353 g/mol. The van der Waals surface area contributed by atoms with Gasteiger partial charge in [0.15, 0.2) is 0 Å². The van der Waals surface area contributed by atoms with Crippen molar-refractivity contribution < 1.29 is 14.5 Å². The Bertz CT molecular complexity index is 861. The Kier molecular flexibility index (Phi) is 4.97. The predicted molar refractivity (Wildman–Crippen MR) is 96.8 cm³/mol. The molecule has 0 aliphatic heterocycles. The molecule has 0 aromatic heterocycles. The summed E-state index contributed by atoms with van der Waals surface area (Å²) in [6.07, 6.45) is 1.82. The number of non-ortho nitro benzene ring substituents is 1. The third-order valence-corrected chi connectivity index (χ3v) is 4.27. The van der Waals surface area contributed by atoms with Gasteiger partial charge in [0.2, 0.25) is 5.91 Å². The van der Waals surface area contributed by atoms with Crippen molar-refractivity contribution in [2.24, 2.45) is 5.92 Å². The first kappa shape index (κ1) is 17.6. The Balaban J connectivity index is 1.68. The third-order valence-electron chi connectivity index (χ3n) is 4.27. The zero-order valence-electron chi connectivity index (χ0n) is 14.3. The molecule has 0 saturated heterocycles. The van der Waals surface area contributed by atoms with Crippen molar-refractivity contribution in [3.05, 3.63) is 69.8 Å². The third kappa shape index (κ3) is 4.24. The lowest BCUT2D eigenvalue weighted by molar-refractivity contribution is -0.384. The van der Waals surface area contributed by atoms with Gasteiger partial charge in [0.05, 0.1) is 11.0 Å². The number of benzene rings is 2. The molecule has 1 unspecified atom stereocenters. The van der Waals surface area contributed by atoms with Crippen LogP contribution in [0.15, 0.2) is 48.5 Å². The summed E-state index contributed by atoms with van der Waals surface area (Å²) in [7, 11) is 0. The van der Waals surface area contributed by atoms with Crippen LogP contribution < -0.4 is 10.6 Å². The predicted octanol–water partition coefficient (Wildman–Crippen LogP) is 3.43. The molecule has 0 spiro atoms. The Morgan fingerprint density at radius 3 is 2.58 bits per heavy atom. The van der Waals surface area contributed by atoms with Crippen molar-refractivity contribution in [2.45, 2.75) is 25.8 Å². The van der Waals surface area contributed by atoms with Gasteiger partial charge in [-0.05, 0) is 43.5 Å². The maximum atomic E-state index is 12.5. The Morgan fingerprint density at radius 1 is 1.15 bits per heavy atom. The van der Waals surface area contributed by atoms with E-state index in [0.29, 0.717) is 16.8 Å². The fourth-order valence-corrected chi connectivity index (χ4v) is 2.60. The van der Waals surface area contributed by atoms with Crippen molar-refractivity contribution in [1.29, 1.82) is 0 Å². The van der Waals surface area contributed by atoms with Gasteiger partial charge < -0.3 is 10.6 Å². The van der Waals surface area contributed by atoms with Gasteiger partial charge in [-0.1, -0.05) is 18.2 Å². The molecule has 0 radical (unpaired) electrons. The topological polar surface area (TPSA) is 101 Å². The molecule has 2 aromatic rings. The maximum absolute atomic E-state index is 12.5. The molecule has 134 valence electrons. The first-order valence-electron chi connectivity index (χ1n) is 8.40. The van der Waals surface area contributed by atoms with E-state index in [1.165, 1.54) is 12.1 Å². The van der Waals surface area contributed by atoms with Crippen LogP contribution in [0.1, 0.15) is 41.7 Å². The zero-order valence-corrected chi connectivity index (χ0v) is 14.3. The van der Waals surface area contributed by atoms with Gasteiger partial charge in [-0.2, -0.15) is 0 Å². The van der Waals surface area contributed by atoms with Gasteiger partial charge in [0.1, 0.15) is 0 Å². The number of carbonyl (C=O) groups excluding carboxylic acids is 2. The number of nitro benzene ring substituents is 1. The first-order valence-corrected chi connectivity index (χ1v) is 8.40. The van der Waals surface area contributed by atoms with Crippen molar-refractivity contribution in [3.8, 4) is 0 Å². The lowest BCUT2D eigenvalue weighted by Gasteiger charge is -2.15. The van der Waals surface area contributed by atoms with E-state index in [-0.39, 0.29) is 23.4 Å². The number of rotatable bonds is 6. The SMILES string of the molecule is CC(NC(=O)c1cccc(NC(=O)C2CC2)c1)c1cccc([N+](=O)[O-])c1. The largest absolute Gasteiger partial charge is 0.346 e. The molecule has 7 nitrogen and oxygen atoms in total. The van der Waals surface area contributed by atoms with Crippen LogP contribution in [0.25, 0.3) is 0 Å². The summed E-state index contributed by atoms with van der Waals surface area (Å²) in [6, 6.07) is 12.5. The second kappa shape index (κ2) is 7.35. The molecule has 26 heavy (non-hydrogen) atoms. The highest BCUT2D eigenvalue weighted by Gasteiger charge is 2.29. The van der Waals surface area contributed by atoms with Crippen LogP contribution in [0.5, 0.6) is 0 Å². The summed E-state index contributed by atoms with van der Waals surface area (Å²) in [4.78, 5) is 34.7. The number of hydrogen-bond acceptors (Lipinski definition) is 4. The number of hydrogen-bond donors (Lipinski definition) is 2. The lowest BCUT2D eigenvalue weighted by atomic mass is 10.1. The highest BCUT2D eigenvalue weighted by molar-refractivity contribution is 5.98. The van der Waals surface area contributed by atoms with Crippen molar-refractivity contribution in [2.75, 3.05) is 5.32 Å². The minimum Gasteiger partial charge on any atom is -0.346 e. The molecule has 0 bridgehead atoms. The second-order valence-electron chi connectivity index (χ2n) is 6.39. The molecule has 1 aliphatic carbocycles. The number of nitro groups is 1. The number of carbonyl (C=O) groups is 2. The fraction of sp³-hybridized carbons (Fsp3) is 0.263. The molecule has 0 heterocycles. The van der Waals surface area contributed by atoms with Crippen molar-refractivity contribution >= 4 is 23.2 Å². The van der Waals surface area contributed by atoms with E-state index in [4.69, 9.17) is 0 Å². The molecule has 1 aliphatic rings. The standard InChI is InChI=1S/C19H19N3O4/c1-12(14-4-3-7-17(11-14)22(25)26)20-19(24)15-5-2-6-16(10-15)21-18(23)13-8-9-13/h2-7,10-13H,8-9H2,1H3,(H,20,24)(H,21,23). The minimum absolute atomic E-state index is 0.0200. The number of anilines is 1. The van der Waals surface area contributed by atoms with E-state index in [9.17, 15) is 19.7 Å². The normalized spacial score (nSPS) is 14.3. The van der Waals surface area contributed by atoms with Crippen LogP contribution in [-0.2, 0) is 4.79 Å². The molecule has 3 rings (SSSR count). The molecular weight excluding hydrogens is 334 g/mol. The summed E-state index contributed by atoms with van der Waals surface area (Å²) >= 11 is 0. The van der Waals surface area contributed by atoms with Gasteiger partial charge in [-0.25, -0.2) is 0 Å². The van der Waals surface area contributed by atoms with Crippen LogP contribution in [0.2, 0.25) is 0 Å². The quantitative estimate of drug-likeness (QED) is 0.613. The van der Waals surface area contributed by atoms with E-state index in [1.807, 2.05) is 0 Å². The maximum Gasteiger partial charge on any atom is 0.269 e. The smallest absolute Gasteiger partial charge is 0.269 e. The highest BCUT2D eigenvalue weighted by Crippen LogP contribution is 2.30. The Labute approximate surface area is 150 Å². The average Bonchev–Trinajstić information content (AvgIpc) is 3.47. The minimum atomic E-state index is -0.468. The summed E-state index contributed by atoms with van der Waals surface area (Å²) in [5.41, 5.74) is 1.62. The summed E-state index contributed by atoms with van der Waals surface area (Å²) < 4.78 is 0. The molecule has 1 atom stereocenters. The van der Waals surface area contributed by atoms with E-state index in [1.54, 1.807) is 43.3 Å². The fourth-order valence-electron chi connectivity index (χ4n) is 2.60. The Morgan fingerprint density at radius 2 is 1.88 bits per heavy atom. The molecule has 1 saturated carbocycles. The van der Waals surface area contributed by atoms with Crippen LogP contribution >= 0.6 is 0 Å². The Hall–Kier alpha value is -3.22. The zero-order chi connectivity index (χ0) is 18.7. The molecule has 2 aromatic carbocycles. The number of nitrogens with one attached hydrogen (secondary N) is 2. The monoisotopic (exact) mass is 353 g/mol. The molecular formula is C19H19N3O4. The lowest BCUT2D eigenvalue weighted by Crippen LogP contribution is -2.26. The van der Waals surface area contributed by atoms with E-state index in [0.717, 1.165) is 12.8 Å². The number of amides is 2. The molecule has 7 heteroatoms. The summed E-state index contributed by atoms with van der Waals surface area (Å²) in [5, 5.41) is 16.5. The second-order valence-corrected chi connectivity index (χ2v) is 6.39. The van der Waals surface area contributed by atoms with Crippen molar-refractivity contribution in [1.82, 2.24) is 5.32 Å². The highest BCUT2D eigenvalue weighted by atomic mass is 16.6. The van der Waals surface area contributed by atoms with Gasteiger partial charge >= 0.3 is 0 Å². The first-order chi connectivity index (χ1) is 12.4. The van der Waals surface area contributed by atoms with Crippen LogP contribution in [-0.4, -0.2) is 16.7 Å². The van der Waals surface area contributed by atoms with Crippen LogP contribution in [0.4, 0.5) is 11.4 Å². The van der Waals surface area contributed by atoms with Gasteiger partial charge in [0, 0.05) is 29.3 Å². The summed E-state index contributed by atoms with van der Waals surface area (Å²) in [5.74, 6) is -0.250. The molecule has 2 amide bonds. The van der Waals surface area contributed by atoms with E-state index < -0.39 is 11.0 Å². The van der Waals surface area contributed by atoms with Gasteiger partial charge in [0.25, 0.3) is 11.6 Å². The van der Waals surface area contributed by atoms with Gasteiger partial charge in [-0.15, -0.1) is 0 Å². The van der Waals surface area contributed by atoms with Gasteiger partial charge in [-0.3, -0.25) is 19.7 Å². The molecule has 1 fully saturated rings. The van der Waals surface area contributed by atoms with Crippen molar-refractivity contribution in [3.63, 3.8) is 0 Å². The van der Waals surface area contributed by atoms with E-state index in [2.05, 4.69) is 10.6 Å².